The Bertz CT molecular complexity index is 306. The summed E-state index contributed by atoms with van der Waals surface area (Å²) in [5.41, 5.74) is -0.855. The van der Waals surface area contributed by atoms with E-state index >= 15 is 0 Å². The molecule has 0 radical (unpaired) electrons. The maximum Gasteiger partial charge on any atom is 0.326 e. The molecular formula is C10H16N2O4. The maximum absolute atomic E-state index is 11.3. The summed E-state index contributed by atoms with van der Waals surface area (Å²) in [7, 11) is 0. The first-order valence-electron chi connectivity index (χ1n) is 4.72. The van der Waals surface area contributed by atoms with Crippen LogP contribution >= 0.6 is 0 Å². The van der Waals surface area contributed by atoms with Crippen molar-refractivity contribution in [2.75, 3.05) is 6.61 Å². The number of amides is 2. The van der Waals surface area contributed by atoms with Gasteiger partial charge in [0.15, 0.2) is 0 Å². The van der Waals surface area contributed by atoms with Crippen molar-refractivity contribution < 1.29 is 19.8 Å². The predicted octanol–water partition coefficient (Wildman–Crippen LogP) is -0.467. The number of aliphatic carboxylic acids is 1. The molecule has 0 fully saturated rings. The van der Waals surface area contributed by atoms with E-state index in [-0.39, 0.29) is 13.0 Å². The molecular weight excluding hydrogens is 212 g/mol. The first-order chi connectivity index (χ1) is 7.32. The third kappa shape index (κ3) is 5.22. The molecule has 16 heavy (non-hydrogen) atoms. The number of hydrogen-bond acceptors (Lipinski definition) is 3. The summed E-state index contributed by atoms with van der Waals surface area (Å²) in [5, 5.41) is 21.9. The van der Waals surface area contributed by atoms with Crippen molar-refractivity contribution in [1.29, 1.82) is 0 Å². The summed E-state index contributed by atoms with van der Waals surface area (Å²) < 4.78 is 0. The Morgan fingerprint density at radius 1 is 1.50 bits per heavy atom. The van der Waals surface area contributed by atoms with Crippen molar-refractivity contribution in [3.63, 3.8) is 0 Å². The lowest BCUT2D eigenvalue weighted by Gasteiger charge is -2.21. The van der Waals surface area contributed by atoms with Gasteiger partial charge in [0.1, 0.15) is 6.04 Å². The molecule has 0 aliphatic carbocycles. The number of urea groups is 1. The highest BCUT2D eigenvalue weighted by molar-refractivity contribution is 5.83. The summed E-state index contributed by atoms with van der Waals surface area (Å²) in [6, 6.07) is -1.80. The summed E-state index contributed by atoms with van der Waals surface area (Å²) in [6.07, 6.45) is 5.10. The first kappa shape index (κ1) is 14.3. The third-order valence-corrected chi connectivity index (χ3v) is 1.81. The molecule has 0 bridgehead atoms. The normalized spacial score (nSPS) is 12.4. The largest absolute Gasteiger partial charge is 0.480 e. The van der Waals surface area contributed by atoms with E-state index in [4.69, 9.17) is 16.6 Å². The van der Waals surface area contributed by atoms with Gasteiger partial charge < -0.3 is 20.8 Å². The topological polar surface area (TPSA) is 98.7 Å². The highest BCUT2D eigenvalue weighted by Crippen LogP contribution is 1.99. The second-order valence-corrected chi connectivity index (χ2v) is 3.77. The number of terminal acetylenes is 1. The van der Waals surface area contributed by atoms with Gasteiger partial charge in [0.25, 0.3) is 0 Å². The average Bonchev–Trinajstić information content (AvgIpc) is 2.16. The molecule has 0 saturated carbocycles. The van der Waals surface area contributed by atoms with Crippen LogP contribution in [0.2, 0.25) is 0 Å². The van der Waals surface area contributed by atoms with Gasteiger partial charge in [-0.15, -0.1) is 6.42 Å². The minimum atomic E-state index is -1.21. The van der Waals surface area contributed by atoms with E-state index in [1.165, 1.54) is 0 Å². The van der Waals surface area contributed by atoms with E-state index in [9.17, 15) is 9.59 Å². The third-order valence-electron chi connectivity index (χ3n) is 1.81. The van der Waals surface area contributed by atoms with Gasteiger partial charge in [-0.05, 0) is 13.8 Å². The van der Waals surface area contributed by atoms with Gasteiger partial charge in [0.05, 0.1) is 5.54 Å². The van der Waals surface area contributed by atoms with Gasteiger partial charge in [-0.1, -0.05) is 5.92 Å². The van der Waals surface area contributed by atoms with E-state index in [2.05, 4.69) is 16.6 Å². The SMILES string of the molecule is C#CC(C)(C)NC(=O)N[C@@H](CCO)C(=O)O. The fourth-order valence-electron chi connectivity index (χ4n) is 0.901. The first-order valence-corrected chi connectivity index (χ1v) is 4.72. The number of hydrogen-bond donors (Lipinski definition) is 4. The lowest BCUT2D eigenvalue weighted by molar-refractivity contribution is -0.139. The van der Waals surface area contributed by atoms with Gasteiger partial charge in [-0.25, -0.2) is 9.59 Å². The van der Waals surface area contributed by atoms with Crippen LogP contribution in [0.4, 0.5) is 4.79 Å². The fourth-order valence-corrected chi connectivity index (χ4v) is 0.901. The zero-order valence-corrected chi connectivity index (χ0v) is 9.28. The Balaban J connectivity index is 4.32. The van der Waals surface area contributed by atoms with Crippen LogP contribution in [0.15, 0.2) is 0 Å². The van der Waals surface area contributed by atoms with Crippen LogP contribution in [0.5, 0.6) is 0 Å². The quantitative estimate of drug-likeness (QED) is 0.478. The molecule has 0 aromatic rings. The Kier molecular flexibility index (Phi) is 5.33. The predicted molar refractivity (Wildman–Crippen MR) is 57.7 cm³/mol. The van der Waals surface area contributed by atoms with Crippen molar-refractivity contribution >= 4 is 12.0 Å². The van der Waals surface area contributed by atoms with Crippen molar-refractivity contribution in [1.82, 2.24) is 10.6 Å². The zero-order chi connectivity index (χ0) is 12.8. The summed E-state index contributed by atoms with van der Waals surface area (Å²) in [6.45, 7) is 2.89. The molecule has 2 amide bonds. The van der Waals surface area contributed by atoms with Crippen LogP contribution in [0.1, 0.15) is 20.3 Å². The molecule has 0 aromatic carbocycles. The minimum Gasteiger partial charge on any atom is -0.480 e. The Morgan fingerprint density at radius 3 is 2.44 bits per heavy atom. The smallest absolute Gasteiger partial charge is 0.326 e. The highest BCUT2D eigenvalue weighted by atomic mass is 16.4. The molecule has 0 heterocycles. The second-order valence-electron chi connectivity index (χ2n) is 3.77. The van der Waals surface area contributed by atoms with Gasteiger partial charge >= 0.3 is 12.0 Å². The molecule has 0 rings (SSSR count). The molecule has 1 atom stereocenters. The van der Waals surface area contributed by atoms with Crippen LogP contribution < -0.4 is 10.6 Å². The Labute approximate surface area is 94.0 Å². The van der Waals surface area contributed by atoms with E-state index in [0.29, 0.717) is 0 Å². The number of carboxylic acids is 1. The second kappa shape index (κ2) is 5.98. The summed E-state index contributed by atoms with van der Waals surface area (Å²) >= 11 is 0. The number of aliphatic hydroxyl groups excluding tert-OH is 1. The van der Waals surface area contributed by atoms with E-state index < -0.39 is 23.6 Å². The van der Waals surface area contributed by atoms with E-state index in [1.54, 1.807) is 13.8 Å². The van der Waals surface area contributed by atoms with Crippen molar-refractivity contribution in [2.24, 2.45) is 0 Å². The molecule has 4 N–H and O–H groups in total. The van der Waals surface area contributed by atoms with Crippen LogP contribution in [0.25, 0.3) is 0 Å². The van der Waals surface area contributed by atoms with Crippen molar-refractivity contribution in [3.05, 3.63) is 0 Å². The summed E-state index contributed by atoms with van der Waals surface area (Å²) in [5.74, 6) is 1.13. The lowest BCUT2D eigenvalue weighted by atomic mass is 10.1. The Hall–Kier alpha value is -1.74. The number of nitrogens with one attached hydrogen (secondary N) is 2. The van der Waals surface area contributed by atoms with Gasteiger partial charge in [-0.2, -0.15) is 0 Å². The zero-order valence-electron chi connectivity index (χ0n) is 9.28. The number of rotatable bonds is 5. The van der Waals surface area contributed by atoms with Crippen LogP contribution in [0, 0.1) is 12.3 Å². The lowest BCUT2D eigenvalue weighted by Crippen LogP contribution is -2.52. The number of carboxylic acid groups (broad SMARTS) is 1. The van der Waals surface area contributed by atoms with Crippen LogP contribution in [-0.2, 0) is 4.79 Å². The maximum atomic E-state index is 11.3. The molecule has 0 aliphatic heterocycles. The van der Waals surface area contributed by atoms with Gasteiger partial charge in [0.2, 0.25) is 0 Å². The summed E-state index contributed by atoms with van der Waals surface area (Å²) in [4.78, 5) is 22.0. The fraction of sp³-hybridized carbons (Fsp3) is 0.600. The number of carbonyl (C=O) groups excluding carboxylic acids is 1. The molecule has 0 aromatic heterocycles. The highest BCUT2D eigenvalue weighted by Gasteiger charge is 2.22. The standard InChI is InChI=1S/C10H16N2O4/c1-4-10(2,3)12-9(16)11-7(5-6-13)8(14)15/h1,7,13H,5-6H2,2-3H3,(H,14,15)(H2,11,12,16)/t7-/m0/s1. The molecule has 90 valence electrons. The molecule has 0 aliphatic rings. The van der Waals surface area contributed by atoms with Crippen molar-refractivity contribution in [2.45, 2.75) is 31.8 Å². The molecule has 0 spiro atoms. The molecule has 6 nitrogen and oxygen atoms in total. The molecule has 0 unspecified atom stereocenters. The van der Waals surface area contributed by atoms with Crippen LogP contribution in [-0.4, -0.2) is 40.4 Å². The number of aliphatic hydroxyl groups is 1. The minimum absolute atomic E-state index is 0.0563. The van der Waals surface area contributed by atoms with Gasteiger partial charge in [0, 0.05) is 13.0 Å². The van der Waals surface area contributed by atoms with E-state index in [0.717, 1.165) is 0 Å². The molecule has 6 heteroatoms. The molecule has 0 saturated heterocycles. The van der Waals surface area contributed by atoms with Gasteiger partial charge in [-0.3, -0.25) is 0 Å². The van der Waals surface area contributed by atoms with Crippen molar-refractivity contribution in [3.8, 4) is 12.3 Å². The number of carbonyl (C=O) groups is 2. The van der Waals surface area contributed by atoms with E-state index in [1.807, 2.05) is 0 Å². The monoisotopic (exact) mass is 228 g/mol. The Morgan fingerprint density at radius 2 is 2.06 bits per heavy atom. The average molecular weight is 228 g/mol. The van der Waals surface area contributed by atoms with Crippen LogP contribution in [0.3, 0.4) is 0 Å².